The second-order valence-corrected chi connectivity index (χ2v) is 4.68. The largest absolute Gasteiger partial charge is 0.353 e. The van der Waals surface area contributed by atoms with E-state index in [4.69, 9.17) is 5.73 Å². The highest BCUT2D eigenvalue weighted by atomic mass is 16.2. The molecule has 1 amide bonds. The lowest BCUT2D eigenvalue weighted by molar-refractivity contribution is -0.124. The monoisotopic (exact) mass is 199 g/mol. The molecule has 0 aromatic heterocycles. The van der Waals surface area contributed by atoms with E-state index in [1.165, 1.54) is 0 Å². The molecule has 4 heteroatoms. The third kappa shape index (κ3) is 3.27. The lowest BCUT2D eigenvalue weighted by atomic mass is 9.94. The first kappa shape index (κ1) is 11.5. The second-order valence-electron chi connectivity index (χ2n) is 4.68. The Balaban J connectivity index is 2.17. The molecule has 0 aromatic rings. The highest BCUT2D eigenvalue weighted by molar-refractivity contribution is 5.78. The summed E-state index contributed by atoms with van der Waals surface area (Å²) in [6.45, 7) is 8.21. The summed E-state index contributed by atoms with van der Waals surface area (Å²) in [6.07, 6.45) is 0.973. The summed E-state index contributed by atoms with van der Waals surface area (Å²) in [7, 11) is 0. The average molecular weight is 199 g/mol. The Morgan fingerprint density at radius 3 is 2.64 bits per heavy atom. The first-order valence-corrected chi connectivity index (χ1v) is 5.23. The summed E-state index contributed by atoms with van der Waals surface area (Å²) < 4.78 is 0. The molecule has 1 saturated heterocycles. The van der Waals surface area contributed by atoms with Crippen molar-refractivity contribution in [3.8, 4) is 0 Å². The van der Waals surface area contributed by atoms with Gasteiger partial charge >= 0.3 is 0 Å². The van der Waals surface area contributed by atoms with Crippen LogP contribution in [0.3, 0.4) is 0 Å². The van der Waals surface area contributed by atoms with Gasteiger partial charge in [-0.25, -0.2) is 0 Å². The summed E-state index contributed by atoms with van der Waals surface area (Å²) in [5.41, 5.74) is 5.76. The van der Waals surface area contributed by atoms with Gasteiger partial charge in [-0.15, -0.1) is 0 Å². The van der Waals surface area contributed by atoms with E-state index in [0.29, 0.717) is 6.54 Å². The Kier molecular flexibility index (Phi) is 3.50. The Morgan fingerprint density at radius 1 is 1.64 bits per heavy atom. The van der Waals surface area contributed by atoms with Gasteiger partial charge in [0.1, 0.15) is 0 Å². The molecule has 1 aliphatic rings. The predicted molar refractivity (Wildman–Crippen MR) is 56.9 cm³/mol. The third-order valence-corrected chi connectivity index (χ3v) is 2.56. The number of hydrogen-bond acceptors (Lipinski definition) is 3. The van der Waals surface area contributed by atoms with E-state index in [1.807, 2.05) is 13.8 Å². The van der Waals surface area contributed by atoms with E-state index < -0.39 is 0 Å². The second kappa shape index (κ2) is 4.28. The molecule has 1 heterocycles. The molecule has 4 nitrogen and oxygen atoms in total. The molecule has 0 spiro atoms. The van der Waals surface area contributed by atoms with Crippen molar-refractivity contribution in [1.29, 1.82) is 0 Å². The van der Waals surface area contributed by atoms with Crippen molar-refractivity contribution in [2.45, 2.75) is 38.8 Å². The third-order valence-electron chi connectivity index (χ3n) is 2.56. The zero-order valence-corrected chi connectivity index (χ0v) is 9.34. The number of nitrogens with zero attached hydrogens (tertiary/aromatic N) is 1. The summed E-state index contributed by atoms with van der Waals surface area (Å²) in [5, 5.41) is 2.93. The van der Waals surface area contributed by atoms with Gasteiger partial charge in [0, 0.05) is 24.7 Å². The Bertz CT molecular complexity index is 207. The number of amides is 1. The highest BCUT2D eigenvalue weighted by Gasteiger charge is 2.35. The summed E-state index contributed by atoms with van der Waals surface area (Å²) >= 11 is 0. The van der Waals surface area contributed by atoms with Crippen molar-refractivity contribution in [2.75, 3.05) is 19.6 Å². The van der Waals surface area contributed by atoms with Crippen LogP contribution in [0.15, 0.2) is 0 Å². The maximum absolute atomic E-state index is 11.4. The highest BCUT2D eigenvalue weighted by Crippen LogP contribution is 2.15. The Morgan fingerprint density at radius 2 is 2.21 bits per heavy atom. The topological polar surface area (TPSA) is 58.4 Å². The van der Waals surface area contributed by atoms with Gasteiger partial charge in [-0.05, 0) is 20.3 Å². The van der Waals surface area contributed by atoms with E-state index in [1.54, 1.807) is 0 Å². The molecule has 1 atom stereocenters. The Labute approximate surface area is 85.8 Å². The molecule has 0 aromatic carbocycles. The minimum atomic E-state index is -0.0867. The van der Waals surface area contributed by atoms with Crippen molar-refractivity contribution < 1.29 is 4.79 Å². The van der Waals surface area contributed by atoms with Crippen molar-refractivity contribution >= 4 is 5.91 Å². The predicted octanol–water partition coefficient (Wildman–Crippen LogP) is -0.0659. The van der Waals surface area contributed by atoms with E-state index in [0.717, 1.165) is 19.5 Å². The molecule has 0 aliphatic carbocycles. The van der Waals surface area contributed by atoms with Crippen LogP contribution in [-0.2, 0) is 4.79 Å². The summed E-state index contributed by atoms with van der Waals surface area (Å²) in [6, 6.07) is 0.271. The molecule has 1 rings (SSSR count). The van der Waals surface area contributed by atoms with Gasteiger partial charge in [0.15, 0.2) is 0 Å². The van der Waals surface area contributed by atoms with Crippen molar-refractivity contribution in [3.63, 3.8) is 0 Å². The summed E-state index contributed by atoms with van der Waals surface area (Å²) in [5.74, 6) is 0.106. The number of nitrogens with one attached hydrogen (secondary N) is 1. The maximum Gasteiger partial charge on any atom is 0.234 e. The fraction of sp³-hybridized carbons (Fsp3) is 0.900. The molecular formula is C10H21N3O. The number of rotatable bonds is 4. The lowest BCUT2D eigenvalue weighted by Gasteiger charge is -2.45. The Hall–Kier alpha value is -0.610. The minimum Gasteiger partial charge on any atom is -0.353 e. The smallest absolute Gasteiger partial charge is 0.234 e. The van der Waals surface area contributed by atoms with E-state index in [9.17, 15) is 4.79 Å². The van der Waals surface area contributed by atoms with Crippen LogP contribution in [0.1, 0.15) is 27.2 Å². The minimum absolute atomic E-state index is 0.0867. The molecule has 3 N–H and O–H groups in total. The number of nitrogens with two attached hydrogens (primary N) is 1. The quantitative estimate of drug-likeness (QED) is 0.666. The van der Waals surface area contributed by atoms with Gasteiger partial charge < -0.3 is 11.1 Å². The maximum atomic E-state index is 11.4. The number of carbonyl (C=O) groups is 1. The van der Waals surface area contributed by atoms with E-state index in [2.05, 4.69) is 17.1 Å². The number of hydrogen-bond donors (Lipinski definition) is 2. The fourth-order valence-corrected chi connectivity index (χ4v) is 1.71. The number of likely N-dealkylation sites (tertiary alicyclic amines) is 1. The van der Waals surface area contributed by atoms with Gasteiger partial charge in [0.2, 0.25) is 5.91 Å². The van der Waals surface area contributed by atoms with Crippen LogP contribution in [0, 0.1) is 0 Å². The fourth-order valence-electron chi connectivity index (χ4n) is 1.71. The van der Waals surface area contributed by atoms with Crippen LogP contribution in [0.5, 0.6) is 0 Å². The van der Waals surface area contributed by atoms with E-state index in [-0.39, 0.29) is 17.5 Å². The lowest BCUT2D eigenvalue weighted by Crippen LogP contribution is -2.66. The van der Waals surface area contributed by atoms with Crippen LogP contribution < -0.4 is 11.1 Å². The molecule has 82 valence electrons. The van der Waals surface area contributed by atoms with Crippen LogP contribution in [0.4, 0.5) is 0 Å². The molecule has 1 unspecified atom stereocenters. The molecule has 14 heavy (non-hydrogen) atoms. The molecular weight excluding hydrogens is 178 g/mol. The van der Waals surface area contributed by atoms with Crippen molar-refractivity contribution in [3.05, 3.63) is 0 Å². The van der Waals surface area contributed by atoms with Gasteiger partial charge in [0.25, 0.3) is 0 Å². The molecule has 0 saturated carbocycles. The van der Waals surface area contributed by atoms with Gasteiger partial charge in [0.05, 0.1) is 6.54 Å². The van der Waals surface area contributed by atoms with Crippen molar-refractivity contribution in [2.24, 2.45) is 5.73 Å². The summed E-state index contributed by atoms with van der Waals surface area (Å²) in [4.78, 5) is 13.5. The van der Waals surface area contributed by atoms with Gasteiger partial charge in [-0.2, -0.15) is 0 Å². The van der Waals surface area contributed by atoms with Crippen LogP contribution >= 0.6 is 0 Å². The standard InChI is InChI=1S/C10H21N3O/c1-4-8(2)12-9(14)5-13-6-10(3,11)7-13/h8H,4-7,11H2,1-3H3,(H,12,14). The average Bonchev–Trinajstić information content (AvgIpc) is 2.00. The molecule has 1 aliphatic heterocycles. The SMILES string of the molecule is CCC(C)NC(=O)CN1CC(C)(N)C1. The van der Waals surface area contributed by atoms with E-state index >= 15 is 0 Å². The zero-order valence-electron chi connectivity index (χ0n) is 9.34. The van der Waals surface area contributed by atoms with Crippen LogP contribution in [-0.4, -0.2) is 42.0 Å². The normalized spacial score (nSPS) is 22.6. The molecule has 1 fully saturated rings. The molecule has 0 bridgehead atoms. The van der Waals surface area contributed by atoms with Crippen LogP contribution in [0.2, 0.25) is 0 Å². The first-order chi connectivity index (χ1) is 6.43. The van der Waals surface area contributed by atoms with Crippen molar-refractivity contribution in [1.82, 2.24) is 10.2 Å². The van der Waals surface area contributed by atoms with Crippen LogP contribution in [0.25, 0.3) is 0 Å². The van der Waals surface area contributed by atoms with Gasteiger partial charge in [-0.1, -0.05) is 6.92 Å². The first-order valence-electron chi connectivity index (χ1n) is 5.23. The van der Waals surface area contributed by atoms with Gasteiger partial charge in [-0.3, -0.25) is 9.69 Å². The number of carbonyl (C=O) groups excluding carboxylic acids is 1. The molecule has 0 radical (unpaired) electrons. The zero-order chi connectivity index (χ0) is 10.8.